The van der Waals surface area contributed by atoms with Crippen molar-refractivity contribution in [2.24, 2.45) is 11.5 Å². The average Bonchev–Trinajstić information content (AvgIpc) is 1.41. The molecule has 2 aromatic carbocycles. The van der Waals surface area contributed by atoms with Gasteiger partial charge in [0, 0.05) is 133 Å². The lowest BCUT2D eigenvalue weighted by Gasteiger charge is -2.40. The van der Waals surface area contributed by atoms with E-state index in [1.165, 1.54) is 83.0 Å². The van der Waals surface area contributed by atoms with E-state index >= 15 is 0 Å². The van der Waals surface area contributed by atoms with Gasteiger partial charge in [-0.3, -0.25) is 38.2 Å². The summed E-state index contributed by atoms with van der Waals surface area (Å²) in [4.78, 5) is 128. The fraction of sp³-hybridized carbons (Fsp3) is 0.349. The van der Waals surface area contributed by atoms with Gasteiger partial charge in [-0.05, 0) is 149 Å². The van der Waals surface area contributed by atoms with Crippen LogP contribution in [0.5, 0.6) is 0 Å². The first-order valence-corrected chi connectivity index (χ1v) is 48.8. The van der Waals surface area contributed by atoms with E-state index in [-0.39, 0.29) is 97.9 Å². The monoisotopic (exact) mass is 1960 g/mol. The average molecular weight is 1960 g/mol. The number of primary amides is 2. The third-order valence-electron chi connectivity index (χ3n) is 24.0. The zero-order chi connectivity index (χ0) is 92.9. The van der Waals surface area contributed by atoms with Crippen LogP contribution in [-0.4, -0.2) is 208 Å². The molecule has 14 aromatic rings. The number of thiazole rings is 2. The summed E-state index contributed by atoms with van der Waals surface area (Å²) in [6.45, 7) is 5.16. The van der Waals surface area contributed by atoms with Crippen molar-refractivity contribution in [1.29, 1.82) is 0 Å². The molecule has 132 heavy (non-hydrogen) atoms. The fourth-order valence-corrected chi connectivity index (χ4v) is 24.6. The molecule has 6 amide bonds. The molecule has 0 bridgehead atoms. The minimum Gasteiger partial charge on any atom is -0.375 e. The van der Waals surface area contributed by atoms with Gasteiger partial charge in [0.25, 0.3) is 11.8 Å². The second kappa shape index (κ2) is 35.2. The maximum atomic E-state index is 14.8. The number of carbonyl (C=O) groups excluding carboxylic acids is 7. The standard InChI is InChI=1S/C30H28FN9O2S4.C29H29FN8O2S3.C27H24F6N6O3S/c1-14-6-23-33-10-16(11-39(23)36-14)30-35-28-26(46-30)25(27(32)42)37-40(28)13-24(41)38-12-17(31)8-19(38)29(43)34-18-3-2-15(7-18)21-9-22-20(45-21)4-5-44-22;1-14-32-10-17(11-33-14)28-35-25-24(26(31)40)36-38(29(25)43-28)13-23(39)37-12-18(30)9-20(37)27(41)34-19-6-5-16(7-19)22-8-15-3-2-4-21(15)42-22;1-15(40)26-22-8-17(18-11-34-16(2)35-12-18)6-7-23(22)39(37-26)14-25(41)38-13-19(28)9-24(38)27(42)36-20-4-3-5-21(10-20)43(29,30,31,32)33/h4-6,9-11,15,17-19H,2-3,7-8,12-13H2,1H3,(H2,32,42)(H,34,43);2,4,8,10-11,16,18-20H,3,5-7,9,12-13H2,1H3,(H2,31,40)(H,34,41);3-8,10-12,19,24H,9,13-14H2,1-2H3,(H,36,42)/t15?,17-,18?,19+;16?,18-,19?,20+;19-,24+/m111/s1. The molecule has 0 radical (unpaired) electrons. The number of alkyl halides is 3. The summed E-state index contributed by atoms with van der Waals surface area (Å²) in [7, 11) is -10.0. The summed E-state index contributed by atoms with van der Waals surface area (Å²) in [6.07, 6.45) is 17.2. The van der Waals surface area contributed by atoms with Crippen molar-refractivity contribution in [3.05, 3.63) is 170 Å². The lowest BCUT2D eigenvalue weighted by molar-refractivity contribution is -0.137. The lowest BCUT2D eigenvalue weighted by atomic mass is 10.0. The number of fused-ring (bicyclic) bond motifs is 6. The summed E-state index contributed by atoms with van der Waals surface area (Å²) < 4.78 is 119. The molecule has 3 saturated heterocycles. The summed E-state index contributed by atoms with van der Waals surface area (Å²) >= 11 is 19.6. The Kier molecular flexibility index (Phi) is 24.2. The number of halogens is 8. The van der Waals surface area contributed by atoms with Crippen LogP contribution >= 0.6 is 91.3 Å². The van der Waals surface area contributed by atoms with E-state index in [2.05, 4.69) is 102 Å². The summed E-state index contributed by atoms with van der Waals surface area (Å²) in [5.41, 5.74) is 17.4. The van der Waals surface area contributed by atoms with Crippen LogP contribution in [0.25, 0.3) is 85.0 Å². The zero-order valence-electron chi connectivity index (χ0n) is 70.5. The molecule has 46 heteroatoms. The second-order valence-electron chi connectivity index (χ2n) is 33.4. The maximum Gasteiger partial charge on any atom is 0.310 e. The normalized spacial score (nSPS) is 21.1. The van der Waals surface area contributed by atoms with E-state index in [1.807, 2.05) is 35.7 Å². The molecule has 15 heterocycles. The van der Waals surface area contributed by atoms with Gasteiger partial charge in [0.15, 0.2) is 28.5 Å². The molecule has 3 aliphatic heterocycles. The number of aromatic nitrogens is 15. The smallest absolute Gasteiger partial charge is 0.310 e. The SMILES string of the molecule is CC(=O)c1nn(CC(=O)N2C[C@H](F)C[C@H]2C(=O)Nc2cccc(S(F)(F)(F)(F)F)c2)c2ccc(-c3cnc(C)nc3)cc12.Cc1cc2ncc(-c3nc4c(s3)c(C(N)=O)nn4CC(=O)N3C[C@H](F)C[C@H]3C(=S)NC3CCC(c4cc5sccc5s4)C3)cn2n1.Cc1ncc(-c2nc3c(C(N)=O)nn(CC(=O)N4C[C@H](F)C[C@H]4C(=S)NC4CCC(c5cc6c(s5)C=CC6)C4)c3s2)cn1. The van der Waals surface area contributed by atoms with Gasteiger partial charge in [-0.1, -0.05) is 73.4 Å². The molecule has 2 saturated carbocycles. The van der Waals surface area contributed by atoms with Gasteiger partial charge in [0.1, 0.15) is 91.5 Å². The number of nitrogens with zero attached hydrogens (tertiary/aromatic N) is 18. The minimum atomic E-state index is -10.0. The topological polar surface area (TPSA) is 378 Å². The van der Waals surface area contributed by atoms with Gasteiger partial charge in [0.05, 0.1) is 52.9 Å². The predicted octanol–water partition coefficient (Wildman–Crippen LogP) is 15.5. The molecular weight excluding hydrogens is 1880 g/mol. The first-order valence-electron chi connectivity index (χ1n) is 41.9. The van der Waals surface area contributed by atoms with E-state index < -0.39 is 101 Å². The van der Waals surface area contributed by atoms with Gasteiger partial charge in [0.2, 0.25) is 23.6 Å². The van der Waals surface area contributed by atoms with Crippen molar-refractivity contribution in [2.75, 3.05) is 25.0 Å². The predicted molar refractivity (Wildman–Crippen MR) is 496 cm³/mol. The molecule has 6 aliphatic rings. The van der Waals surface area contributed by atoms with Gasteiger partial charge in [-0.25, -0.2) is 61.9 Å². The van der Waals surface area contributed by atoms with Gasteiger partial charge < -0.3 is 42.1 Å². The number of nitrogens with two attached hydrogens (primary N) is 2. The largest absolute Gasteiger partial charge is 0.375 e. The van der Waals surface area contributed by atoms with Gasteiger partial charge >= 0.3 is 10.2 Å². The summed E-state index contributed by atoms with van der Waals surface area (Å²) in [6, 6.07) is 13.5. The Morgan fingerprint density at radius 3 is 1.75 bits per heavy atom. The first-order chi connectivity index (χ1) is 62.8. The Hall–Kier alpha value is -12.0. The van der Waals surface area contributed by atoms with Crippen LogP contribution < -0.4 is 27.4 Å². The molecule has 0 spiro atoms. The van der Waals surface area contributed by atoms with Crippen molar-refractivity contribution in [2.45, 2.75) is 177 Å². The van der Waals surface area contributed by atoms with E-state index in [4.69, 9.17) is 40.9 Å². The number of hydrogen-bond acceptors (Lipinski definition) is 25. The number of benzene rings is 2. The molecule has 5 fully saturated rings. The van der Waals surface area contributed by atoms with Crippen molar-refractivity contribution in [1.82, 2.24) is 99.2 Å². The Balaban J connectivity index is 0.000000133. The molecule has 4 unspecified atom stereocenters. The van der Waals surface area contributed by atoms with Crippen molar-refractivity contribution < 1.29 is 66.2 Å². The molecule has 3 aliphatic carbocycles. The minimum absolute atomic E-state index is 0.0235. The lowest BCUT2D eigenvalue weighted by Crippen LogP contribution is -2.48. The van der Waals surface area contributed by atoms with E-state index in [0.717, 1.165) is 61.6 Å². The Morgan fingerprint density at radius 1 is 0.561 bits per heavy atom. The molecule has 30 nitrogen and oxygen atoms in total. The van der Waals surface area contributed by atoms with Crippen molar-refractivity contribution in [3.63, 3.8) is 0 Å². The maximum absolute atomic E-state index is 14.8. The van der Waals surface area contributed by atoms with Gasteiger partial charge in [-0.2, -0.15) is 20.4 Å². The van der Waals surface area contributed by atoms with Crippen LogP contribution in [0.2, 0.25) is 0 Å². The molecule has 12 aromatic heterocycles. The van der Waals surface area contributed by atoms with Crippen molar-refractivity contribution in [3.8, 4) is 32.3 Å². The van der Waals surface area contributed by atoms with E-state index in [0.29, 0.717) is 109 Å². The van der Waals surface area contributed by atoms with Crippen LogP contribution in [0.15, 0.2) is 120 Å². The number of thiophene rings is 3. The van der Waals surface area contributed by atoms with E-state index in [9.17, 15) is 66.2 Å². The highest BCUT2D eigenvalue weighted by Gasteiger charge is 2.65. The quantitative estimate of drug-likeness (QED) is 0.0253. The number of likely N-dealkylation sites (tertiary alicyclic amines) is 3. The third kappa shape index (κ3) is 19.0. The number of hydrogen-bond donors (Lipinski definition) is 5. The summed E-state index contributed by atoms with van der Waals surface area (Å²) in [5, 5.41) is 30.1. The third-order valence-corrected chi connectivity index (χ3v) is 31.7. The number of carbonyl (C=O) groups is 7. The highest BCUT2D eigenvalue weighted by atomic mass is 32.5. The first kappa shape index (κ1) is 90.6. The summed E-state index contributed by atoms with van der Waals surface area (Å²) in [5.74, 6) is -2.22. The molecule has 7 N–H and O–H groups in total. The van der Waals surface area contributed by atoms with Crippen LogP contribution in [0.4, 0.5) is 38.3 Å². The number of aryl methyl sites for hydroxylation is 3. The van der Waals surface area contributed by atoms with Crippen LogP contribution in [-0.2, 0) is 45.2 Å². The van der Waals surface area contributed by atoms with Crippen LogP contribution in [0.3, 0.4) is 0 Å². The molecule has 686 valence electrons. The Labute approximate surface area is 776 Å². The Morgan fingerprint density at radius 2 is 1.14 bits per heavy atom. The van der Waals surface area contributed by atoms with Gasteiger partial charge in [-0.15, -0.1) is 45.3 Å². The van der Waals surface area contributed by atoms with Crippen LogP contribution in [0.1, 0.15) is 146 Å². The second-order valence-corrected chi connectivity index (χ2v) is 41.8. The number of nitrogens with one attached hydrogen (secondary N) is 3. The highest BCUT2D eigenvalue weighted by Crippen LogP contribution is 3.02. The number of Topliss-reactive ketones (excluding diaryl/α,β-unsaturated/α-hetero) is 1. The number of ketones is 1. The zero-order valence-corrected chi connectivity index (χ0v) is 77.0. The fourth-order valence-electron chi connectivity index (χ4n) is 17.6. The molecular formula is C86H81F8N23O7S8. The number of rotatable bonds is 21. The number of amides is 6. The molecule has 20 rings (SSSR count). The van der Waals surface area contributed by atoms with E-state index in [1.54, 1.807) is 85.1 Å². The number of allylic oxidation sites excluding steroid dienone is 1. The highest BCUT2D eigenvalue weighted by molar-refractivity contribution is 8.45. The number of thiocarbonyl (C=S) groups is 2. The van der Waals surface area contributed by atoms with Crippen molar-refractivity contribution >= 4 is 201 Å². The van der Waals surface area contributed by atoms with Crippen LogP contribution in [0, 0.1) is 20.8 Å². The number of anilines is 1. The Bertz CT molecular complexity index is 7000. The molecule has 10 atom stereocenters.